The van der Waals surface area contributed by atoms with Gasteiger partial charge in [0, 0.05) is 66.4 Å². The molecule has 0 aliphatic carbocycles. The van der Waals surface area contributed by atoms with Gasteiger partial charge in [0.1, 0.15) is 11.3 Å². The molecule has 0 aliphatic rings. The maximum atomic E-state index is 5.39. The van der Waals surface area contributed by atoms with E-state index in [1.807, 2.05) is 78.9 Å². The Morgan fingerprint density at radius 1 is 0.170 bits per heavy atom. The third kappa shape index (κ3) is 10.6. The number of fused-ring (bicyclic) bond motifs is 12. The largest absolute Gasteiger partial charge is 0.293 e. The number of nitrogens with zero attached hydrogens (tertiary/aromatic N) is 10. The lowest BCUT2D eigenvalue weighted by Gasteiger charge is -2.15. The van der Waals surface area contributed by atoms with Crippen LogP contribution in [0.25, 0.3) is 212 Å². The fourth-order valence-corrected chi connectivity index (χ4v) is 16.9. The molecule has 22 rings (SSSR count). The van der Waals surface area contributed by atoms with E-state index in [-0.39, 0.29) is 0 Å². The van der Waals surface area contributed by atoms with Crippen LogP contribution in [0.1, 0.15) is 0 Å². The minimum Gasteiger partial charge on any atom is -0.293 e. The number of benzene rings is 16. The number of aromatic nitrogens is 10. The summed E-state index contributed by atoms with van der Waals surface area (Å²) < 4.78 is 9.81. The molecule has 0 spiro atoms. The van der Waals surface area contributed by atoms with E-state index < -0.39 is 0 Å². The third-order valence-electron chi connectivity index (χ3n) is 22.1. The van der Waals surface area contributed by atoms with E-state index in [9.17, 15) is 0 Å². The van der Waals surface area contributed by atoms with E-state index in [4.69, 9.17) is 29.9 Å². The molecule has 0 saturated heterocycles. The van der Waals surface area contributed by atoms with Crippen molar-refractivity contribution in [3.63, 3.8) is 0 Å². The average molecular weight is 1430 g/mol. The number of para-hydroxylation sites is 4. The summed E-state index contributed by atoms with van der Waals surface area (Å²) in [5.41, 5.74) is 27.9. The molecule has 10 nitrogen and oxygen atoms in total. The van der Waals surface area contributed by atoms with Crippen LogP contribution in [-0.2, 0) is 0 Å². The van der Waals surface area contributed by atoms with Gasteiger partial charge < -0.3 is 0 Å². The van der Waals surface area contributed by atoms with Crippen molar-refractivity contribution in [2.75, 3.05) is 0 Å². The molecule has 0 unspecified atom stereocenters. The van der Waals surface area contributed by atoms with Crippen LogP contribution in [0.3, 0.4) is 0 Å². The van der Waals surface area contributed by atoms with Gasteiger partial charge in [-0.1, -0.05) is 328 Å². The van der Waals surface area contributed by atoms with E-state index in [1.165, 1.54) is 33.0 Å². The second-order valence-corrected chi connectivity index (χ2v) is 28.5. The van der Waals surface area contributed by atoms with Crippen molar-refractivity contribution in [2.24, 2.45) is 0 Å². The standard InChI is InChI=1S/C102H64N10/c1-6-26-68(27-7-1)93-84-40-20-22-42-86(84)110-90-45-25-24-44-89(90)109(101(93)110)76-57-54-67(55-58-76)77-59-60-83(81-38-17-16-36-79(77)81)100-107-97(72-34-14-5-15-35-72)106-99(108-100)73-50-46-65(47-51-73)75-56-62-91-92(64-75)112-87-43-23-21-41-85(87)94(69-28-8-2-9-29-69)102(112)111(91)88-63-61-78(80-37-18-19-39-82(80)88)66-48-52-74(53-49-66)98-104-95(70-30-10-3-11-31-70)103-96(105-98)71-32-12-4-13-33-71/h1-64H. The zero-order valence-electron chi connectivity index (χ0n) is 60.4. The third-order valence-corrected chi connectivity index (χ3v) is 22.1. The SMILES string of the molecule is c1ccc(-c2nc(-c3ccccc3)nc(-c3ccc(-c4ccc(-n5c6ccc(-c7ccc(-c8nc(-c9ccccc9)nc(-c9ccc(-c%10ccc(-n%11c%12ccccc%12n%12c%13ccccc%13c(-c%13ccccc%13)c%11%12)cc%10)c%10ccccc9%10)n8)cc7)cc6n6c7ccccc7c(-c7ccccc7)c56)c5ccccc45)cc3)n2)cc1. The number of imidazole rings is 2. The Balaban J connectivity index is 0.627. The molecular weight excluding hydrogens is 1370 g/mol. The van der Waals surface area contributed by atoms with E-state index in [0.717, 1.165) is 144 Å². The summed E-state index contributed by atoms with van der Waals surface area (Å²) in [6, 6.07) is 138. The first-order chi connectivity index (χ1) is 55.6. The summed E-state index contributed by atoms with van der Waals surface area (Å²) in [7, 11) is 0. The summed E-state index contributed by atoms with van der Waals surface area (Å²) in [6.07, 6.45) is 0. The van der Waals surface area contributed by atoms with E-state index in [2.05, 4.69) is 327 Å². The molecule has 0 atom stereocenters. The van der Waals surface area contributed by atoms with Crippen LogP contribution < -0.4 is 0 Å². The van der Waals surface area contributed by atoms with Crippen molar-refractivity contribution in [2.45, 2.75) is 0 Å². The molecule has 112 heavy (non-hydrogen) atoms. The lowest BCUT2D eigenvalue weighted by Crippen LogP contribution is -2.01. The van der Waals surface area contributed by atoms with Crippen LogP contribution in [0.5, 0.6) is 0 Å². The van der Waals surface area contributed by atoms with E-state index >= 15 is 0 Å². The Kier molecular flexibility index (Phi) is 15.0. The summed E-state index contributed by atoms with van der Waals surface area (Å²) in [6.45, 7) is 0. The normalized spacial score (nSPS) is 11.8. The summed E-state index contributed by atoms with van der Waals surface area (Å²) in [5, 5.41) is 6.81. The molecule has 10 heteroatoms. The van der Waals surface area contributed by atoms with Crippen molar-refractivity contribution < 1.29 is 0 Å². The molecule has 6 heterocycles. The van der Waals surface area contributed by atoms with Gasteiger partial charge in [0.25, 0.3) is 0 Å². The average Bonchev–Trinajstić information content (AvgIpc) is 1.54. The maximum absolute atomic E-state index is 5.39. The molecule has 522 valence electrons. The lowest BCUT2D eigenvalue weighted by molar-refractivity contribution is 1.07. The molecule has 0 N–H and O–H groups in total. The Labute approximate surface area is 644 Å². The predicted octanol–water partition coefficient (Wildman–Crippen LogP) is 25.4. The van der Waals surface area contributed by atoms with Crippen molar-refractivity contribution >= 4 is 76.7 Å². The highest BCUT2D eigenvalue weighted by molar-refractivity contribution is 6.13. The van der Waals surface area contributed by atoms with Crippen LogP contribution in [0.4, 0.5) is 0 Å². The highest BCUT2D eigenvalue weighted by Gasteiger charge is 2.27. The molecule has 0 fully saturated rings. The summed E-state index contributed by atoms with van der Waals surface area (Å²) >= 11 is 0. The molecule has 0 saturated carbocycles. The number of rotatable bonds is 13. The molecule has 22 aromatic rings. The van der Waals surface area contributed by atoms with Crippen molar-refractivity contribution in [3.05, 3.63) is 388 Å². The monoisotopic (exact) mass is 1430 g/mol. The number of hydrogen-bond acceptors (Lipinski definition) is 6. The Morgan fingerprint density at radius 3 is 0.973 bits per heavy atom. The predicted molar refractivity (Wildman–Crippen MR) is 459 cm³/mol. The first-order valence-corrected chi connectivity index (χ1v) is 37.8. The lowest BCUT2D eigenvalue weighted by atomic mass is 9.94. The summed E-state index contributed by atoms with van der Waals surface area (Å²) in [5.74, 6) is 3.66. The van der Waals surface area contributed by atoms with Crippen LogP contribution in [0.15, 0.2) is 388 Å². The minimum absolute atomic E-state index is 0.587. The molecular formula is C102H64N10. The van der Waals surface area contributed by atoms with Gasteiger partial charge in [0.05, 0.1) is 38.8 Å². The van der Waals surface area contributed by atoms with Gasteiger partial charge in [-0.2, -0.15) is 0 Å². The van der Waals surface area contributed by atoms with Gasteiger partial charge >= 0.3 is 0 Å². The fraction of sp³-hybridized carbons (Fsp3) is 0. The second-order valence-electron chi connectivity index (χ2n) is 28.5. The Bertz CT molecular complexity index is 7380. The van der Waals surface area contributed by atoms with Crippen LogP contribution >= 0.6 is 0 Å². The van der Waals surface area contributed by atoms with Crippen LogP contribution in [-0.4, -0.2) is 47.8 Å². The van der Waals surface area contributed by atoms with Gasteiger partial charge in [0.15, 0.2) is 34.9 Å². The van der Waals surface area contributed by atoms with Gasteiger partial charge in [-0.3, -0.25) is 17.9 Å². The fourth-order valence-electron chi connectivity index (χ4n) is 16.9. The highest BCUT2D eigenvalue weighted by Crippen LogP contribution is 2.47. The zero-order valence-corrected chi connectivity index (χ0v) is 60.4. The van der Waals surface area contributed by atoms with Gasteiger partial charge in [0.2, 0.25) is 0 Å². The van der Waals surface area contributed by atoms with Crippen LogP contribution in [0.2, 0.25) is 0 Å². The number of hydrogen-bond donors (Lipinski definition) is 0. The first-order valence-electron chi connectivity index (χ1n) is 37.8. The molecule has 0 amide bonds. The molecule has 6 aromatic heterocycles. The molecule has 0 aliphatic heterocycles. The first kappa shape index (κ1) is 64.0. The second kappa shape index (κ2) is 26.3. The minimum atomic E-state index is 0.587. The van der Waals surface area contributed by atoms with Crippen LogP contribution in [0, 0.1) is 0 Å². The Morgan fingerprint density at radius 2 is 0.482 bits per heavy atom. The van der Waals surface area contributed by atoms with E-state index in [0.29, 0.717) is 34.9 Å². The molecule has 0 bridgehead atoms. The van der Waals surface area contributed by atoms with Gasteiger partial charge in [-0.05, 0) is 121 Å². The highest BCUT2D eigenvalue weighted by atomic mass is 15.2. The zero-order chi connectivity index (χ0) is 73.7. The quantitative estimate of drug-likeness (QED) is 0.114. The van der Waals surface area contributed by atoms with Crippen molar-refractivity contribution in [1.82, 2.24) is 47.8 Å². The molecule has 0 radical (unpaired) electrons. The summed E-state index contributed by atoms with van der Waals surface area (Å²) in [4.78, 5) is 31.0. The van der Waals surface area contributed by atoms with E-state index in [1.54, 1.807) is 0 Å². The maximum Gasteiger partial charge on any atom is 0.164 e. The van der Waals surface area contributed by atoms with Gasteiger partial charge in [-0.25, -0.2) is 29.9 Å². The van der Waals surface area contributed by atoms with Crippen molar-refractivity contribution in [3.8, 4) is 135 Å². The van der Waals surface area contributed by atoms with Gasteiger partial charge in [-0.15, -0.1) is 0 Å². The Hall–Kier alpha value is -15.3. The molecule has 16 aromatic carbocycles. The van der Waals surface area contributed by atoms with Crippen molar-refractivity contribution in [1.29, 1.82) is 0 Å². The smallest absolute Gasteiger partial charge is 0.164 e. The topological polar surface area (TPSA) is 96.0 Å².